The standard InChI is InChI=1S/C11H11ClO3/c1-2-15-11(14)6-4-8-3-5-9(12)10(13)7-8/h3-7,13H,2H2,1H3. The van der Waals surface area contributed by atoms with Crippen LogP contribution in [0.1, 0.15) is 12.5 Å². The molecule has 0 fully saturated rings. The number of ether oxygens (including phenoxy) is 1. The summed E-state index contributed by atoms with van der Waals surface area (Å²) in [5, 5.41) is 9.57. The summed E-state index contributed by atoms with van der Waals surface area (Å²) in [4.78, 5) is 11.0. The summed E-state index contributed by atoms with van der Waals surface area (Å²) in [7, 11) is 0. The van der Waals surface area contributed by atoms with Gasteiger partial charge in [-0.1, -0.05) is 17.7 Å². The van der Waals surface area contributed by atoms with Gasteiger partial charge in [0.05, 0.1) is 11.6 Å². The van der Waals surface area contributed by atoms with E-state index in [0.717, 1.165) is 0 Å². The molecule has 0 saturated carbocycles. The Morgan fingerprint density at radius 1 is 1.60 bits per heavy atom. The number of carbonyl (C=O) groups is 1. The Hall–Kier alpha value is -1.48. The first kappa shape index (κ1) is 11.6. The smallest absolute Gasteiger partial charge is 0.330 e. The zero-order chi connectivity index (χ0) is 11.3. The quantitative estimate of drug-likeness (QED) is 0.637. The van der Waals surface area contributed by atoms with Gasteiger partial charge in [-0.05, 0) is 30.7 Å². The summed E-state index contributed by atoms with van der Waals surface area (Å²) in [5.74, 6) is -0.422. The summed E-state index contributed by atoms with van der Waals surface area (Å²) in [5.41, 5.74) is 0.685. The summed E-state index contributed by atoms with van der Waals surface area (Å²) in [6.45, 7) is 2.08. The molecule has 1 rings (SSSR count). The summed E-state index contributed by atoms with van der Waals surface area (Å²) in [6.07, 6.45) is 2.85. The van der Waals surface area contributed by atoms with E-state index in [4.69, 9.17) is 16.3 Å². The minimum Gasteiger partial charge on any atom is -0.506 e. The van der Waals surface area contributed by atoms with Crippen LogP contribution in [0.3, 0.4) is 0 Å². The zero-order valence-corrected chi connectivity index (χ0v) is 8.99. The van der Waals surface area contributed by atoms with Crippen LogP contribution in [-0.4, -0.2) is 17.7 Å². The Labute approximate surface area is 92.9 Å². The average Bonchev–Trinajstić information content (AvgIpc) is 2.20. The number of benzene rings is 1. The fourth-order valence-electron chi connectivity index (χ4n) is 0.988. The maximum absolute atomic E-state index is 11.0. The first-order chi connectivity index (χ1) is 7.13. The Balaban J connectivity index is 2.72. The highest BCUT2D eigenvalue weighted by Crippen LogP contribution is 2.24. The largest absolute Gasteiger partial charge is 0.506 e. The molecule has 0 aliphatic rings. The lowest BCUT2D eigenvalue weighted by atomic mass is 10.2. The van der Waals surface area contributed by atoms with Crippen LogP contribution in [0.4, 0.5) is 0 Å². The van der Waals surface area contributed by atoms with Crippen molar-refractivity contribution < 1.29 is 14.6 Å². The SMILES string of the molecule is CCOC(=O)C=Cc1ccc(Cl)c(O)c1. The van der Waals surface area contributed by atoms with Gasteiger partial charge in [0.25, 0.3) is 0 Å². The number of hydrogen-bond acceptors (Lipinski definition) is 3. The normalized spacial score (nSPS) is 10.5. The predicted molar refractivity (Wildman–Crippen MR) is 58.8 cm³/mol. The number of rotatable bonds is 3. The molecular weight excluding hydrogens is 216 g/mol. The average molecular weight is 227 g/mol. The minimum absolute atomic E-state index is 0.0114. The molecule has 0 aromatic heterocycles. The van der Waals surface area contributed by atoms with E-state index in [1.807, 2.05) is 0 Å². The molecule has 1 aromatic carbocycles. The summed E-state index contributed by atoms with van der Waals surface area (Å²) in [6, 6.07) is 4.72. The van der Waals surface area contributed by atoms with Gasteiger partial charge in [-0.2, -0.15) is 0 Å². The van der Waals surface area contributed by atoms with Crippen LogP contribution in [0.2, 0.25) is 5.02 Å². The van der Waals surface area contributed by atoms with E-state index in [-0.39, 0.29) is 10.8 Å². The summed E-state index contributed by atoms with van der Waals surface area (Å²) < 4.78 is 4.70. The Morgan fingerprint density at radius 3 is 2.93 bits per heavy atom. The highest BCUT2D eigenvalue weighted by atomic mass is 35.5. The monoisotopic (exact) mass is 226 g/mol. The molecule has 80 valence electrons. The number of hydrogen-bond donors (Lipinski definition) is 1. The number of esters is 1. The van der Waals surface area contributed by atoms with Crippen molar-refractivity contribution in [3.05, 3.63) is 34.9 Å². The van der Waals surface area contributed by atoms with E-state index in [9.17, 15) is 9.90 Å². The first-order valence-corrected chi connectivity index (χ1v) is 4.84. The van der Waals surface area contributed by atoms with Gasteiger partial charge >= 0.3 is 5.97 Å². The van der Waals surface area contributed by atoms with E-state index < -0.39 is 5.97 Å². The molecule has 4 heteroatoms. The van der Waals surface area contributed by atoms with Crippen molar-refractivity contribution in [1.82, 2.24) is 0 Å². The Bertz CT molecular complexity index is 385. The third kappa shape index (κ3) is 3.64. The second kappa shape index (κ2) is 5.41. The topological polar surface area (TPSA) is 46.5 Å². The second-order valence-electron chi connectivity index (χ2n) is 2.80. The van der Waals surface area contributed by atoms with Crippen molar-refractivity contribution in [2.45, 2.75) is 6.92 Å². The van der Waals surface area contributed by atoms with Crippen LogP contribution in [0.5, 0.6) is 5.75 Å². The van der Waals surface area contributed by atoms with Gasteiger partial charge in [0, 0.05) is 6.08 Å². The Morgan fingerprint density at radius 2 is 2.33 bits per heavy atom. The molecule has 0 aliphatic heterocycles. The van der Waals surface area contributed by atoms with Gasteiger partial charge in [0.1, 0.15) is 5.75 Å². The fraction of sp³-hybridized carbons (Fsp3) is 0.182. The van der Waals surface area contributed by atoms with Crippen molar-refractivity contribution in [3.8, 4) is 5.75 Å². The van der Waals surface area contributed by atoms with Crippen LogP contribution in [0, 0.1) is 0 Å². The maximum atomic E-state index is 11.0. The molecule has 0 aliphatic carbocycles. The highest BCUT2D eigenvalue weighted by molar-refractivity contribution is 6.32. The van der Waals surface area contributed by atoms with Crippen molar-refractivity contribution in [1.29, 1.82) is 0 Å². The minimum atomic E-state index is -0.410. The number of aromatic hydroxyl groups is 1. The molecule has 0 unspecified atom stereocenters. The molecular formula is C11H11ClO3. The molecule has 1 aromatic rings. The lowest BCUT2D eigenvalue weighted by Crippen LogP contribution is -1.98. The summed E-state index contributed by atoms with van der Waals surface area (Å²) >= 11 is 5.63. The molecule has 0 amide bonds. The number of phenols is 1. The number of carbonyl (C=O) groups excluding carboxylic acids is 1. The van der Waals surface area contributed by atoms with Crippen LogP contribution >= 0.6 is 11.6 Å². The van der Waals surface area contributed by atoms with Crippen molar-refractivity contribution in [3.63, 3.8) is 0 Å². The van der Waals surface area contributed by atoms with Gasteiger partial charge < -0.3 is 9.84 Å². The fourth-order valence-corrected chi connectivity index (χ4v) is 1.11. The van der Waals surface area contributed by atoms with Gasteiger partial charge in [-0.3, -0.25) is 0 Å². The Kier molecular flexibility index (Phi) is 4.18. The molecule has 0 atom stereocenters. The third-order valence-corrected chi connectivity index (χ3v) is 1.99. The number of halogens is 1. The van der Waals surface area contributed by atoms with Gasteiger partial charge in [0.15, 0.2) is 0 Å². The first-order valence-electron chi connectivity index (χ1n) is 4.47. The molecule has 1 N–H and O–H groups in total. The van der Waals surface area contributed by atoms with Crippen molar-refractivity contribution >= 4 is 23.6 Å². The van der Waals surface area contributed by atoms with Crippen LogP contribution in [0.25, 0.3) is 6.08 Å². The molecule has 0 heterocycles. The van der Waals surface area contributed by atoms with Gasteiger partial charge in [0.2, 0.25) is 0 Å². The second-order valence-corrected chi connectivity index (χ2v) is 3.20. The molecule has 0 spiro atoms. The van der Waals surface area contributed by atoms with E-state index >= 15 is 0 Å². The van der Waals surface area contributed by atoms with E-state index in [2.05, 4.69) is 0 Å². The predicted octanol–water partition coefficient (Wildman–Crippen LogP) is 2.62. The van der Waals surface area contributed by atoms with Crippen LogP contribution in [-0.2, 0) is 9.53 Å². The molecule has 3 nitrogen and oxygen atoms in total. The van der Waals surface area contributed by atoms with E-state index in [1.54, 1.807) is 25.1 Å². The van der Waals surface area contributed by atoms with Crippen molar-refractivity contribution in [2.75, 3.05) is 6.61 Å². The molecule has 0 radical (unpaired) electrons. The van der Waals surface area contributed by atoms with E-state index in [0.29, 0.717) is 12.2 Å². The maximum Gasteiger partial charge on any atom is 0.330 e. The van der Waals surface area contributed by atoms with Crippen LogP contribution in [0.15, 0.2) is 24.3 Å². The lowest BCUT2D eigenvalue weighted by molar-refractivity contribution is -0.137. The van der Waals surface area contributed by atoms with Crippen molar-refractivity contribution in [2.24, 2.45) is 0 Å². The van der Waals surface area contributed by atoms with Gasteiger partial charge in [-0.15, -0.1) is 0 Å². The third-order valence-electron chi connectivity index (χ3n) is 1.67. The highest BCUT2D eigenvalue weighted by Gasteiger charge is 1.98. The molecule has 0 saturated heterocycles. The zero-order valence-electron chi connectivity index (χ0n) is 8.24. The number of phenolic OH excluding ortho intramolecular Hbond substituents is 1. The van der Waals surface area contributed by atoms with Crippen LogP contribution < -0.4 is 0 Å². The lowest BCUT2D eigenvalue weighted by Gasteiger charge is -1.98. The molecule has 15 heavy (non-hydrogen) atoms. The molecule has 0 bridgehead atoms. The van der Waals surface area contributed by atoms with E-state index in [1.165, 1.54) is 12.1 Å². The van der Waals surface area contributed by atoms with Gasteiger partial charge in [-0.25, -0.2) is 4.79 Å².